The van der Waals surface area contributed by atoms with E-state index in [9.17, 15) is 4.79 Å². The summed E-state index contributed by atoms with van der Waals surface area (Å²) in [5, 5.41) is 6.77. The van der Waals surface area contributed by atoms with E-state index in [-0.39, 0.29) is 12.1 Å². The van der Waals surface area contributed by atoms with Crippen LogP contribution in [-0.4, -0.2) is 29.8 Å². The van der Waals surface area contributed by atoms with Crippen molar-refractivity contribution in [3.8, 4) is 0 Å². The Morgan fingerprint density at radius 1 is 1.14 bits per heavy atom. The predicted octanol–water partition coefficient (Wildman–Crippen LogP) is 3.60. The van der Waals surface area contributed by atoms with Crippen LogP contribution in [-0.2, 0) is 4.74 Å². The summed E-state index contributed by atoms with van der Waals surface area (Å²) in [5.74, 6) is 0.922. The van der Waals surface area contributed by atoms with Gasteiger partial charge in [0.1, 0.15) is 5.60 Å². The van der Waals surface area contributed by atoms with E-state index in [0.29, 0.717) is 12.1 Å². The van der Waals surface area contributed by atoms with Crippen molar-refractivity contribution in [3.63, 3.8) is 0 Å². The molecule has 0 bridgehead atoms. The zero-order chi connectivity index (χ0) is 15.5. The normalized spacial score (nSPS) is 28.0. The van der Waals surface area contributed by atoms with Gasteiger partial charge >= 0.3 is 6.09 Å². The van der Waals surface area contributed by atoms with Gasteiger partial charge in [-0.1, -0.05) is 19.3 Å². The molecule has 2 rings (SSSR count). The van der Waals surface area contributed by atoms with E-state index in [1.807, 2.05) is 20.8 Å². The fourth-order valence-electron chi connectivity index (χ4n) is 3.45. The summed E-state index contributed by atoms with van der Waals surface area (Å²) in [7, 11) is 0. The van der Waals surface area contributed by atoms with Crippen molar-refractivity contribution in [1.82, 2.24) is 10.6 Å². The Bertz CT molecular complexity index is 347. The SMILES string of the molecule is CC(CC1CCC1)NC1CCCC1NC(=O)OC(C)(C)C. The maximum absolute atomic E-state index is 11.9. The quantitative estimate of drug-likeness (QED) is 0.815. The van der Waals surface area contributed by atoms with Gasteiger partial charge in [-0.25, -0.2) is 4.79 Å². The second-order valence-electron chi connectivity index (χ2n) is 7.89. The lowest BCUT2D eigenvalue weighted by molar-refractivity contribution is 0.0496. The third-order valence-electron chi connectivity index (χ3n) is 4.63. The third-order valence-corrected chi connectivity index (χ3v) is 4.63. The van der Waals surface area contributed by atoms with Crippen molar-refractivity contribution in [2.45, 2.75) is 96.4 Å². The number of nitrogens with one attached hydrogen (secondary N) is 2. The molecule has 4 nitrogen and oxygen atoms in total. The van der Waals surface area contributed by atoms with Crippen molar-refractivity contribution in [3.05, 3.63) is 0 Å². The van der Waals surface area contributed by atoms with Gasteiger partial charge in [-0.05, 0) is 59.3 Å². The number of hydrogen-bond acceptors (Lipinski definition) is 3. The summed E-state index contributed by atoms with van der Waals surface area (Å²) in [6.07, 6.45) is 8.57. The first-order chi connectivity index (χ1) is 9.83. The van der Waals surface area contributed by atoms with Crippen LogP contribution in [0.3, 0.4) is 0 Å². The molecular weight excluding hydrogens is 264 g/mol. The van der Waals surface area contributed by atoms with Gasteiger partial charge in [0, 0.05) is 18.1 Å². The molecule has 0 aromatic heterocycles. The molecular formula is C17H32N2O2. The van der Waals surface area contributed by atoms with E-state index < -0.39 is 5.60 Å². The van der Waals surface area contributed by atoms with E-state index >= 15 is 0 Å². The molecule has 0 spiro atoms. The van der Waals surface area contributed by atoms with E-state index in [1.54, 1.807) is 0 Å². The summed E-state index contributed by atoms with van der Waals surface area (Å²) in [6.45, 7) is 7.98. The molecule has 1 amide bonds. The van der Waals surface area contributed by atoms with Crippen molar-refractivity contribution < 1.29 is 9.53 Å². The highest BCUT2D eigenvalue weighted by atomic mass is 16.6. The molecule has 3 unspecified atom stereocenters. The molecule has 2 aliphatic rings. The number of carbonyl (C=O) groups excluding carboxylic acids is 1. The van der Waals surface area contributed by atoms with Crippen LogP contribution < -0.4 is 10.6 Å². The molecule has 122 valence electrons. The minimum Gasteiger partial charge on any atom is -0.444 e. The summed E-state index contributed by atoms with van der Waals surface area (Å²) in [6, 6.07) is 1.15. The lowest BCUT2D eigenvalue weighted by Gasteiger charge is -2.32. The van der Waals surface area contributed by atoms with Gasteiger partial charge in [-0.2, -0.15) is 0 Å². The standard InChI is InChI=1S/C17H32N2O2/c1-12(11-13-7-5-8-13)18-14-9-6-10-15(14)19-16(20)21-17(2,3)4/h12-15,18H,5-11H2,1-4H3,(H,19,20). The first-order valence-electron chi connectivity index (χ1n) is 8.59. The van der Waals surface area contributed by atoms with E-state index in [1.165, 1.54) is 32.1 Å². The van der Waals surface area contributed by atoms with Crippen LogP contribution in [0.2, 0.25) is 0 Å². The van der Waals surface area contributed by atoms with E-state index in [0.717, 1.165) is 18.8 Å². The van der Waals surface area contributed by atoms with Gasteiger partial charge in [-0.15, -0.1) is 0 Å². The minimum atomic E-state index is -0.427. The Balaban J connectivity index is 1.75. The van der Waals surface area contributed by atoms with Crippen LogP contribution in [0.15, 0.2) is 0 Å². The van der Waals surface area contributed by atoms with Crippen LogP contribution >= 0.6 is 0 Å². The van der Waals surface area contributed by atoms with Gasteiger partial charge in [0.25, 0.3) is 0 Å². The summed E-state index contributed by atoms with van der Waals surface area (Å²) in [5.41, 5.74) is -0.427. The van der Waals surface area contributed by atoms with E-state index in [2.05, 4.69) is 17.6 Å². The maximum Gasteiger partial charge on any atom is 0.407 e. The van der Waals surface area contributed by atoms with Crippen molar-refractivity contribution in [2.24, 2.45) is 5.92 Å². The third kappa shape index (κ3) is 5.50. The fraction of sp³-hybridized carbons (Fsp3) is 0.941. The van der Waals surface area contributed by atoms with Crippen LogP contribution in [0.4, 0.5) is 4.79 Å². The minimum absolute atomic E-state index is 0.212. The molecule has 0 aliphatic heterocycles. The molecule has 0 aromatic rings. The monoisotopic (exact) mass is 296 g/mol. The summed E-state index contributed by atoms with van der Waals surface area (Å²) >= 11 is 0. The largest absolute Gasteiger partial charge is 0.444 e. The smallest absolute Gasteiger partial charge is 0.407 e. The average Bonchev–Trinajstić information content (AvgIpc) is 2.68. The Labute approximate surface area is 129 Å². The summed E-state index contributed by atoms with van der Waals surface area (Å²) < 4.78 is 5.37. The molecule has 2 fully saturated rings. The van der Waals surface area contributed by atoms with Gasteiger partial charge in [-0.3, -0.25) is 0 Å². The molecule has 4 heteroatoms. The number of carbonyl (C=O) groups is 1. The molecule has 21 heavy (non-hydrogen) atoms. The lowest BCUT2D eigenvalue weighted by atomic mass is 9.81. The molecule has 2 saturated carbocycles. The molecule has 2 N–H and O–H groups in total. The first kappa shape index (κ1) is 16.6. The number of hydrogen-bond donors (Lipinski definition) is 2. The second-order valence-corrected chi connectivity index (χ2v) is 7.89. The Hall–Kier alpha value is -0.770. The van der Waals surface area contributed by atoms with Gasteiger partial charge in [0.15, 0.2) is 0 Å². The highest BCUT2D eigenvalue weighted by Crippen LogP contribution is 2.31. The topological polar surface area (TPSA) is 50.4 Å². The maximum atomic E-state index is 11.9. The zero-order valence-electron chi connectivity index (χ0n) is 14.1. The van der Waals surface area contributed by atoms with Gasteiger partial charge < -0.3 is 15.4 Å². The van der Waals surface area contributed by atoms with E-state index in [4.69, 9.17) is 4.74 Å². The fourth-order valence-corrected chi connectivity index (χ4v) is 3.45. The van der Waals surface area contributed by atoms with Gasteiger partial charge in [0.2, 0.25) is 0 Å². The Kier molecular flexibility index (Phi) is 5.53. The Morgan fingerprint density at radius 3 is 2.33 bits per heavy atom. The highest BCUT2D eigenvalue weighted by Gasteiger charge is 2.31. The number of ether oxygens (including phenoxy) is 1. The molecule has 0 aromatic carbocycles. The average molecular weight is 296 g/mol. The van der Waals surface area contributed by atoms with Crippen molar-refractivity contribution in [1.29, 1.82) is 0 Å². The van der Waals surface area contributed by atoms with Gasteiger partial charge in [0.05, 0.1) is 0 Å². The molecule has 3 atom stereocenters. The van der Waals surface area contributed by atoms with Crippen LogP contribution in [0, 0.1) is 5.92 Å². The highest BCUT2D eigenvalue weighted by molar-refractivity contribution is 5.68. The predicted molar refractivity (Wildman–Crippen MR) is 85.4 cm³/mol. The van der Waals surface area contributed by atoms with Crippen molar-refractivity contribution in [2.75, 3.05) is 0 Å². The number of amides is 1. The zero-order valence-corrected chi connectivity index (χ0v) is 14.1. The van der Waals surface area contributed by atoms with Crippen LogP contribution in [0.5, 0.6) is 0 Å². The molecule has 0 saturated heterocycles. The summed E-state index contributed by atoms with van der Waals surface area (Å²) in [4.78, 5) is 11.9. The second kappa shape index (κ2) is 6.99. The molecule has 0 radical (unpaired) electrons. The Morgan fingerprint density at radius 2 is 1.76 bits per heavy atom. The number of alkyl carbamates (subject to hydrolysis) is 1. The van der Waals surface area contributed by atoms with Crippen LogP contribution in [0.25, 0.3) is 0 Å². The lowest BCUT2D eigenvalue weighted by Crippen LogP contribution is -2.50. The van der Waals surface area contributed by atoms with Crippen molar-refractivity contribution >= 4 is 6.09 Å². The number of rotatable bonds is 5. The molecule has 0 heterocycles. The molecule has 2 aliphatic carbocycles. The van der Waals surface area contributed by atoms with Crippen LogP contribution in [0.1, 0.15) is 72.6 Å². The first-order valence-corrected chi connectivity index (χ1v) is 8.59.